The molecule has 0 aliphatic heterocycles. The third-order valence-corrected chi connectivity index (χ3v) is 2.86. The van der Waals surface area contributed by atoms with Crippen LogP contribution >= 0.6 is 0 Å². The predicted molar refractivity (Wildman–Crippen MR) is 66.2 cm³/mol. The van der Waals surface area contributed by atoms with Crippen molar-refractivity contribution in [2.75, 3.05) is 0 Å². The molecule has 2 rings (SSSR count). The van der Waals surface area contributed by atoms with Gasteiger partial charge in [0.15, 0.2) is 5.69 Å². The Bertz CT molecular complexity index is 568. The summed E-state index contributed by atoms with van der Waals surface area (Å²) in [7, 11) is 1.54. The molecule has 3 nitrogen and oxygen atoms in total. The molecule has 1 aromatic carbocycles. The summed E-state index contributed by atoms with van der Waals surface area (Å²) in [5.74, 6) is 0.281. The topological polar surface area (TPSA) is 43.8 Å². The highest BCUT2D eigenvalue weighted by Crippen LogP contribution is 2.30. The summed E-state index contributed by atoms with van der Waals surface area (Å²) in [6.07, 6.45) is -3.45. The van der Waals surface area contributed by atoms with Crippen LogP contribution in [-0.4, -0.2) is 9.55 Å². The molecule has 2 aromatic rings. The van der Waals surface area contributed by atoms with Gasteiger partial charge in [0.1, 0.15) is 5.82 Å². The summed E-state index contributed by atoms with van der Waals surface area (Å²) in [6, 6.07) is 6.92. The van der Waals surface area contributed by atoms with E-state index in [1.807, 2.05) is 6.92 Å². The van der Waals surface area contributed by atoms with Crippen LogP contribution in [0, 0.1) is 0 Å². The molecule has 0 spiro atoms. The van der Waals surface area contributed by atoms with Gasteiger partial charge in [0.2, 0.25) is 0 Å². The van der Waals surface area contributed by atoms with Gasteiger partial charge in [-0.15, -0.1) is 0 Å². The van der Waals surface area contributed by atoms with Gasteiger partial charge in [0.25, 0.3) is 0 Å². The van der Waals surface area contributed by atoms with Gasteiger partial charge in [0, 0.05) is 24.8 Å². The van der Waals surface area contributed by atoms with Crippen molar-refractivity contribution in [3.8, 4) is 11.4 Å². The molecule has 0 aliphatic rings. The van der Waals surface area contributed by atoms with E-state index >= 15 is 0 Å². The molecule has 6 heteroatoms. The van der Waals surface area contributed by atoms with Crippen molar-refractivity contribution in [2.24, 2.45) is 12.8 Å². The number of nitrogens with two attached hydrogens (primary N) is 1. The molecule has 0 saturated heterocycles. The minimum absolute atomic E-state index is 0.110. The molecule has 0 unspecified atom stereocenters. The van der Waals surface area contributed by atoms with E-state index in [1.165, 1.54) is 11.6 Å². The Morgan fingerprint density at radius 2 is 1.79 bits per heavy atom. The van der Waals surface area contributed by atoms with Gasteiger partial charge >= 0.3 is 6.18 Å². The average Bonchev–Trinajstić information content (AvgIpc) is 2.71. The molecule has 0 bridgehead atoms. The highest BCUT2D eigenvalue weighted by molar-refractivity contribution is 5.56. The fourth-order valence-corrected chi connectivity index (χ4v) is 1.81. The minimum Gasteiger partial charge on any atom is -0.333 e. The summed E-state index contributed by atoms with van der Waals surface area (Å²) in [5, 5.41) is 0. The average molecular weight is 269 g/mol. The third-order valence-electron chi connectivity index (χ3n) is 2.86. The summed E-state index contributed by atoms with van der Waals surface area (Å²) in [5.41, 5.74) is 6.39. The molecule has 1 heterocycles. The number of benzene rings is 1. The first-order valence-corrected chi connectivity index (χ1v) is 5.75. The zero-order chi connectivity index (χ0) is 14.2. The molecule has 0 saturated carbocycles. The number of aromatic nitrogens is 2. The van der Waals surface area contributed by atoms with Crippen LogP contribution in [0.3, 0.4) is 0 Å². The summed E-state index contributed by atoms with van der Waals surface area (Å²) in [4.78, 5) is 3.63. The summed E-state index contributed by atoms with van der Waals surface area (Å²) < 4.78 is 39.1. The van der Waals surface area contributed by atoms with Gasteiger partial charge in [-0.2, -0.15) is 13.2 Å². The normalized spacial score (nSPS) is 13.6. The maximum absolute atomic E-state index is 12.6. The number of halogens is 3. The standard InChI is InChI=1S/C13H14F3N3/c1-8(17)9-3-5-10(6-4-9)12-18-11(7-19(12)2)13(14,15)16/h3-8H,17H2,1-2H3/t8-/m1/s1. The summed E-state index contributed by atoms with van der Waals surface area (Å²) >= 11 is 0. The van der Waals surface area contributed by atoms with E-state index in [4.69, 9.17) is 5.73 Å². The highest BCUT2D eigenvalue weighted by Gasteiger charge is 2.34. The van der Waals surface area contributed by atoms with E-state index in [2.05, 4.69) is 4.98 Å². The Morgan fingerprint density at radius 1 is 1.21 bits per heavy atom. The SMILES string of the molecule is C[C@@H](N)c1ccc(-c2nc(C(F)(F)F)cn2C)cc1. The Kier molecular flexibility index (Phi) is 3.36. The Balaban J connectivity index is 2.39. The van der Waals surface area contributed by atoms with Crippen LogP contribution in [0.1, 0.15) is 24.2 Å². The lowest BCUT2D eigenvalue weighted by Gasteiger charge is -2.07. The molecule has 1 aromatic heterocycles. The van der Waals surface area contributed by atoms with Gasteiger partial charge in [0.05, 0.1) is 0 Å². The van der Waals surface area contributed by atoms with Crippen LogP contribution in [0.25, 0.3) is 11.4 Å². The van der Waals surface area contributed by atoms with Crippen LogP contribution in [0.4, 0.5) is 13.2 Å². The molecule has 0 fully saturated rings. The lowest BCUT2D eigenvalue weighted by Crippen LogP contribution is -2.05. The van der Waals surface area contributed by atoms with Gasteiger partial charge in [-0.3, -0.25) is 0 Å². The third kappa shape index (κ3) is 2.78. The first-order chi connectivity index (χ1) is 8.79. The summed E-state index contributed by atoms with van der Waals surface area (Å²) in [6.45, 7) is 1.84. The molecule has 0 aliphatic carbocycles. The number of alkyl halides is 3. The molecular weight excluding hydrogens is 255 g/mol. The first-order valence-electron chi connectivity index (χ1n) is 5.75. The van der Waals surface area contributed by atoms with Crippen LogP contribution in [0.15, 0.2) is 30.5 Å². The highest BCUT2D eigenvalue weighted by atomic mass is 19.4. The predicted octanol–water partition coefficient (Wildman–Crippen LogP) is 3.13. The Morgan fingerprint density at radius 3 is 2.21 bits per heavy atom. The van der Waals surface area contributed by atoms with Gasteiger partial charge in [-0.05, 0) is 12.5 Å². The monoisotopic (exact) mass is 269 g/mol. The molecular formula is C13H14F3N3. The molecule has 1 atom stereocenters. The molecule has 19 heavy (non-hydrogen) atoms. The van der Waals surface area contributed by atoms with Crippen molar-refractivity contribution in [2.45, 2.75) is 19.1 Å². The van der Waals surface area contributed by atoms with Crippen LogP contribution < -0.4 is 5.73 Å². The van der Waals surface area contributed by atoms with E-state index < -0.39 is 11.9 Å². The van der Waals surface area contributed by atoms with Crippen LogP contribution in [-0.2, 0) is 13.2 Å². The second-order valence-electron chi connectivity index (χ2n) is 4.47. The van der Waals surface area contributed by atoms with Crippen LogP contribution in [0.2, 0.25) is 0 Å². The Labute approximate surface area is 108 Å². The largest absolute Gasteiger partial charge is 0.434 e. The van der Waals surface area contributed by atoms with E-state index in [0.29, 0.717) is 5.56 Å². The second kappa shape index (κ2) is 4.70. The lowest BCUT2D eigenvalue weighted by molar-refractivity contribution is -0.140. The molecule has 0 radical (unpaired) electrons. The fourth-order valence-electron chi connectivity index (χ4n) is 1.81. The van der Waals surface area contributed by atoms with Crippen molar-refractivity contribution in [3.05, 3.63) is 41.7 Å². The number of hydrogen-bond donors (Lipinski definition) is 1. The number of nitrogens with zero attached hydrogens (tertiary/aromatic N) is 2. The number of imidazole rings is 1. The van der Waals surface area contributed by atoms with Gasteiger partial charge in [-0.1, -0.05) is 24.3 Å². The molecule has 2 N–H and O–H groups in total. The lowest BCUT2D eigenvalue weighted by atomic mass is 10.1. The second-order valence-corrected chi connectivity index (χ2v) is 4.47. The van der Waals surface area contributed by atoms with E-state index in [1.54, 1.807) is 24.3 Å². The van der Waals surface area contributed by atoms with Crippen LogP contribution in [0.5, 0.6) is 0 Å². The first kappa shape index (κ1) is 13.6. The zero-order valence-electron chi connectivity index (χ0n) is 10.6. The van der Waals surface area contributed by atoms with Crippen molar-refractivity contribution in [3.63, 3.8) is 0 Å². The zero-order valence-corrected chi connectivity index (χ0v) is 10.6. The number of rotatable bonds is 2. The van der Waals surface area contributed by atoms with E-state index in [0.717, 1.165) is 11.8 Å². The quantitative estimate of drug-likeness (QED) is 0.910. The molecule has 0 amide bonds. The smallest absolute Gasteiger partial charge is 0.333 e. The fraction of sp³-hybridized carbons (Fsp3) is 0.308. The maximum Gasteiger partial charge on any atom is 0.434 e. The van der Waals surface area contributed by atoms with E-state index in [9.17, 15) is 13.2 Å². The van der Waals surface area contributed by atoms with Gasteiger partial charge < -0.3 is 10.3 Å². The van der Waals surface area contributed by atoms with Crippen molar-refractivity contribution in [1.82, 2.24) is 9.55 Å². The van der Waals surface area contributed by atoms with E-state index in [-0.39, 0.29) is 11.9 Å². The maximum atomic E-state index is 12.6. The van der Waals surface area contributed by atoms with Crippen molar-refractivity contribution in [1.29, 1.82) is 0 Å². The molecule has 102 valence electrons. The number of hydrogen-bond acceptors (Lipinski definition) is 2. The Hall–Kier alpha value is -1.82. The van der Waals surface area contributed by atoms with Gasteiger partial charge in [-0.25, -0.2) is 4.98 Å². The van der Waals surface area contributed by atoms with Crippen molar-refractivity contribution >= 4 is 0 Å². The van der Waals surface area contributed by atoms with Crippen molar-refractivity contribution < 1.29 is 13.2 Å². The minimum atomic E-state index is -4.43. The number of aryl methyl sites for hydroxylation is 1.